The lowest BCUT2D eigenvalue weighted by Crippen LogP contribution is -2.27. The molecule has 0 unspecified atom stereocenters. The van der Waals surface area contributed by atoms with Crippen LogP contribution >= 0.6 is 0 Å². The first-order valence-electron chi connectivity index (χ1n) is 5.82. The highest BCUT2D eigenvalue weighted by molar-refractivity contribution is 5.78. The van der Waals surface area contributed by atoms with Gasteiger partial charge in [0.15, 0.2) is 0 Å². The number of benzene rings is 1. The van der Waals surface area contributed by atoms with E-state index < -0.39 is 0 Å². The predicted molar refractivity (Wildman–Crippen MR) is 64.2 cm³/mol. The minimum absolute atomic E-state index is 0.0846. The lowest BCUT2D eigenvalue weighted by Gasteiger charge is -2.06. The zero-order valence-electron chi connectivity index (χ0n) is 10.0. The highest BCUT2D eigenvalue weighted by Gasteiger charge is 2.06. The molecule has 1 amide bonds. The Balaban J connectivity index is 2.23. The van der Waals surface area contributed by atoms with Gasteiger partial charge in [-0.1, -0.05) is 18.2 Å². The molecular weight excluding hydrogens is 221 g/mol. The summed E-state index contributed by atoms with van der Waals surface area (Å²) in [7, 11) is 0. The number of hydrogen-bond donors (Lipinski definition) is 1. The van der Waals surface area contributed by atoms with Crippen molar-refractivity contribution in [3.05, 3.63) is 35.6 Å². The van der Waals surface area contributed by atoms with Crippen LogP contribution in [0.3, 0.4) is 0 Å². The fourth-order valence-electron chi connectivity index (χ4n) is 1.42. The Labute approximate surface area is 101 Å². The Hall–Kier alpha value is -1.42. The largest absolute Gasteiger partial charge is 0.382 e. The molecule has 0 radical (unpaired) electrons. The van der Waals surface area contributed by atoms with Gasteiger partial charge >= 0.3 is 0 Å². The van der Waals surface area contributed by atoms with Crippen LogP contribution < -0.4 is 5.32 Å². The van der Waals surface area contributed by atoms with Crippen LogP contribution in [-0.2, 0) is 16.0 Å². The predicted octanol–water partition coefficient (Wildman–Crippen LogP) is 1.91. The summed E-state index contributed by atoms with van der Waals surface area (Å²) in [5, 5.41) is 2.73. The van der Waals surface area contributed by atoms with E-state index in [0.717, 1.165) is 6.42 Å². The number of rotatable bonds is 7. The first kappa shape index (κ1) is 13.6. The summed E-state index contributed by atoms with van der Waals surface area (Å²) in [6.07, 6.45) is 0.859. The fraction of sp³-hybridized carbons (Fsp3) is 0.462. The highest BCUT2D eigenvalue weighted by atomic mass is 19.1. The van der Waals surface area contributed by atoms with Crippen molar-refractivity contribution in [3.8, 4) is 0 Å². The van der Waals surface area contributed by atoms with Gasteiger partial charge in [0.1, 0.15) is 5.82 Å². The van der Waals surface area contributed by atoms with Crippen LogP contribution in [0.25, 0.3) is 0 Å². The van der Waals surface area contributed by atoms with E-state index in [2.05, 4.69) is 5.32 Å². The van der Waals surface area contributed by atoms with Gasteiger partial charge in [0.25, 0.3) is 0 Å². The molecule has 0 aliphatic rings. The maximum absolute atomic E-state index is 13.2. The minimum Gasteiger partial charge on any atom is -0.382 e. The van der Waals surface area contributed by atoms with Gasteiger partial charge in [0.05, 0.1) is 6.42 Å². The van der Waals surface area contributed by atoms with Crippen molar-refractivity contribution >= 4 is 5.91 Å². The monoisotopic (exact) mass is 239 g/mol. The minimum atomic E-state index is -0.336. The van der Waals surface area contributed by atoms with E-state index in [1.807, 2.05) is 6.92 Å². The third-order valence-electron chi connectivity index (χ3n) is 2.30. The topological polar surface area (TPSA) is 38.3 Å². The van der Waals surface area contributed by atoms with Crippen LogP contribution in [0.5, 0.6) is 0 Å². The van der Waals surface area contributed by atoms with Crippen molar-refractivity contribution in [2.75, 3.05) is 19.8 Å². The molecule has 1 rings (SSSR count). The van der Waals surface area contributed by atoms with E-state index in [1.165, 1.54) is 6.07 Å². The molecule has 0 aromatic heterocycles. The number of amides is 1. The molecule has 1 aromatic carbocycles. The standard InChI is InChI=1S/C13H18FNO2/c1-2-17-9-5-8-15-13(16)10-11-6-3-4-7-12(11)14/h3-4,6-7H,2,5,8-10H2,1H3,(H,15,16). The maximum Gasteiger partial charge on any atom is 0.224 e. The quantitative estimate of drug-likeness (QED) is 0.738. The SMILES string of the molecule is CCOCCCNC(=O)Cc1ccccc1F. The molecule has 0 aliphatic heterocycles. The molecule has 1 aromatic rings. The van der Waals surface area contributed by atoms with Crippen LogP contribution in [-0.4, -0.2) is 25.7 Å². The van der Waals surface area contributed by atoms with Crippen LogP contribution in [0.1, 0.15) is 18.9 Å². The Morgan fingerprint density at radius 2 is 2.18 bits per heavy atom. The molecule has 3 nitrogen and oxygen atoms in total. The lowest BCUT2D eigenvalue weighted by atomic mass is 10.1. The highest BCUT2D eigenvalue weighted by Crippen LogP contribution is 2.06. The average Bonchev–Trinajstić information content (AvgIpc) is 2.32. The number of carbonyl (C=O) groups excluding carboxylic acids is 1. The van der Waals surface area contributed by atoms with Crippen LogP contribution in [0.15, 0.2) is 24.3 Å². The van der Waals surface area contributed by atoms with E-state index in [9.17, 15) is 9.18 Å². The molecule has 94 valence electrons. The summed E-state index contributed by atoms with van der Waals surface area (Å²) in [4.78, 5) is 11.5. The van der Waals surface area contributed by atoms with E-state index in [1.54, 1.807) is 18.2 Å². The second-order valence-electron chi connectivity index (χ2n) is 3.67. The Morgan fingerprint density at radius 3 is 2.88 bits per heavy atom. The van der Waals surface area contributed by atoms with Crippen molar-refractivity contribution in [2.45, 2.75) is 19.8 Å². The van der Waals surface area contributed by atoms with Gasteiger partial charge in [-0.05, 0) is 25.0 Å². The molecule has 0 heterocycles. The van der Waals surface area contributed by atoms with Gasteiger partial charge < -0.3 is 10.1 Å². The summed E-state index contributed by atoms with van der Waals surface area (Å²) in [6, 6.07) is 6.31. The first-order valence-corrected chi connectivity index (χ1v) is 5.82. The van der Waals surface area contributed by atoms with Crippen molar-refractivity contribution in [1.29, 1.82) is 0 Å². The van der Waals surface area contributed by atoms with Crippen molar-refractivity contribution < 1.29 is 13.9 Å². The van der Waals surface area contributed by atoms with Crippen molar-refractivity contribution in [3.63, 3.8) is 0 Å². The van der Waals surface area contributed by atoms with Gasteiger partial charge in [0.2, 0.25) is 5.91 Å². The second kappa shape index (κ2) is 7.79. The Kier molecular flexibility index (Phi) is 6.25. The normalized spacial score (nSPS) is 10.2. The van der Waals surface area contributed by atoms with E-state index in [4.69, 9.17) is 4.74 Å². The van der Waals surface area contributed by atoms with Gasteiger partial charge in [-0.25, -0.2) is 4.39 Å². The summed E-state index contributed by atoms with van der Waals surface area (Å²) >= 11 is 0. The van der Waals surface area contributed by atoms with Crippen molar-refractivity contribution in [1.82, 2.24) is 5.32 Å². The zero-order valence-corrected chi connectivity index (χ0v) is 10.0. The van der Waals surface area contributed by atoms with Crippen molar-refractivity contribution in [2.24, 2.45) is 0 Å². The van der Waals surface area contributed by atoms with Gasteiger partial charge in [-0.15, -0.1) is 0 Å². The molecule has 0 spiro atoms. The summed E-state index contributed by atoms with van der Waals surface area (Å²) < 4.78 is 18.4. The maximum atomic E-state index is 13.2. The third kappa shape index (κ3) is 5.45. The number of carbonyl (C=O) groups is 1. The van der Waals surface area contributed by atoms with Gasteiger partial charge in [-0.3, -0.25) is 4.79 Å². The van der Waals surface area contributed by atoms with E-state index >= 15 is 0 Å². The second-order valence-corrected chi connectivity index (χ2v) is 3.67. The zero-order chi connectivity index (χ0) is 12.5. The molecule has 0 saturated carbocycles. The smallest absolute Gasteiger partial charge is 0.224 e. The summed E-state index contributed by atoms with van der Waals surface area (Å²) in [5.74, 6) is -0.497. The number of ether oxygens (including phenoxy) is 1. The summed E-state index contributed by atoms with van der Waals surface area (Å²) in [5.41, 5.74) is 0.426. The average molecular weight is 239 g/mol. The number of nitrogens with one attached hydrogen (secondary N) is 1. The molecule has 0 bridgehead atoms. The first-order chi connectivity index (χ1) is 8.24. The van der Waals surface area contributed by atoms with Gasteiger partial charge in [-0.2, -0.15) is 0 Å². The molecule has 0 fully saturated rings. The van der Waals surface area contributed by atoms with Crippen LogP contribution in [0, 0.1) is 5.82 Å². The fourth-order valence-corrected chi connectivity index (χ4v) is 1.42. The van der Waals surface area contributed by atoms with Crippen LogP contribution in [0.4, 0.5) is 4.39 Å². The molecular formula is C13H18FNO2. The van der Waals surface area contributed by atoms with Gasteiger partial charge in [0, 0.05) is 19.8 Å². The number of hydrogen-bond acceptors (Lipinski definition) is 2. The Bertz CT molecular complexity index is 355. The molecule has 17 heavy (non-hydrogen) atoms. The number of halogens is 1. The van der Waals surface area contributed by atoms with E-state index in [0.29, 0.717) is 25.3 Å². The Morgan fingerprint density at radius 1 is 1.41 bits per heavy atom. The lowest BCUT2D eigenvalue weighted by molar-refractivity contribution is -0.120. The summed E-state index contributed by atoms with van der Waals surface area (Å²) in [6.45, 7) is 3.81. The molecule has 0 saturated heterocycles. The third-order valence-corrected chi connectivity index (χ3v) is 2.30. The molecule has 1 N–H and O–H groups in total. The molecule has 4 heteroatoms. The molecule has 0 atom stereocenters. The molecule has 0 aliphatic carbocycles. The van der Waals surface area contributed by atoms with E-state index in [-0.39, 0.29) is 18.1 Å². The van der Waals surface area contributed by atoms with Crippen LogP contribution in [0.2, 0.25) is 0 Å².